The fraction of sp³-hybridized carbons (Fsp3) is 0.235. The first kappa shape index (κ1) is 16.5. The van der Waals surface area contributed by atoms with E-state index < -0.39 is 5.97 Å². The van der Waals surface area contributed by atoms with Gasteiger partial charge in [0.1, 0.15) is 12.4 Å². The van der Waals surface area contributed by atoms with E-state index in [4.69, 9.17) is 9.47 Å². The normalized spacial score (nSPS) is 10.5. The zero-order valence-electron chi connectivity index (χ0n) is 12.9. The van der Waals surface area contributed by atoms with Crippen LogP contribution in [0.5, 0.6) is 5.75 Å². The third kappa shape index (κ3) is 6.17. The lowest BCUT2D eigenvalue weighted by molar-refractivity contribution is -0.137. The van der Waals surface area contributed by atoms with Crippen LogP contribution in [-0.4, -0.2) is 35.7 Å². The van der Waals surface area contributed by atoms with Crippen LogP contribution < -0.4 is 10.1 Å². The lowest BCUT2D eigenvalue weighted by Gasteiger charge is -2.04. The van der Waals surface area contributed by atoms with E-state index in [-0.39, 0.29) is 6.61 Å². The summed E-state index contributed by atoms with van der Waals surface area (Å²) in [6.45, 7) is 3.25. The highest BCUT2D eigenvalue weighted by atomic mass is 16.5. The van der Waals surface area contributed by atoms with Crippen molar-refractivity contribution in [2.75, 3.05) is 25.1 Å². The summed E-state index contributed by atoms with van der Waals surface area (Å²) in [4.78, 5) is 19.6. The molecule has 1 N–H and O–H groups in total. The summed E-state index contributed by atoms with van der Waals surface area (Å²) in [6, 6.07) is 9.21. The van der Waals surface area contributed by atoms with Crippen molar-refractivity contribution in [3.63, 3.8) is 0 Å². The number of hydrogen-bond donors (Lipinski definition) is 1. The van der Waals surface area contributed by atoms with Gasteiger partial charge in [0.25, 0.3) is 0 Å². The van der Waals surface area contributed by atoms with Crippen molar-refractivity contribution in [3.05, 3.63) is 54.4 Å². The van der Waals surface area contributed by atoms with Gasteiger partial charge in [-0.2, -0.15) is 0 Å². The van der Waals surface area contributed by atoms with Crippen LogP contribution in [0.25, 0.3) is 6.08 Å². The molecule has 1 aromatic heterocycles. The maximum absolute atomic E-state index is 11.6. The van der Waals surface area contributed by atoms with Crippen LogP contribution in [0.15, 0.2) is 48.8 Å². The van der Waals surface area contributed by atoms with Crippen LogP contribution in [-0.2, 0) is 9.53 Å². The van der Waals surface area contributed by atoms with Crippen molar-refractivity contribution < 1.29 is 14.3 Å². The average molecular weight is 313 g/mol. The second kappa shape index (κ2) is 9.19. The first-order chi connectivity index (χ1) is 11.3. The fourth-order valence-corrected chi connectivity index (χ4v) is 1.76. The van der Waals surface area contributed by atoms with E-state index in [0.29, 0.717) is 19.1 Å². The number of esters is 1. The van der Waals surface area contributed by atoms with Crippen LogP contribution >= 0.6 is 0 Å². The molecule has 0 fully saturated rings. The van der Waals surface area contributed by atoms with Crippen LogP contribution in [0.3, 0.4) is 0 Å². The van der Waals surface area contributed by atoms with E-state index in [2.05, 4.69) is 15.3 Å². The molecule has 1 aromatic carbocycles. The van der Waals surface area contributed by atoms with Crippen molar-refractivity contribution in [1.29, 1.82) is 0 Å². The highest BCUT2D eigenvalue weighted by Gasteiger charge is 1.98. The molecule has 0 amide bonds. The van der Waals surface area contributed by atoms with Gasteiger partial charge >= 0.3 is 5.97 Å². The predicted octanol–water partition coefficient (Wildman–Crippen LogP) is 2.54. The molecule has 0 spiro atoms. The monoisotopic (exact) mass is 313 g/mol. The molecule has 0 unspecified atom stereocenters. The van der Waals surface area contributed by atoms with E-state index >= 15 is 0 Å². The number of hydrogen-bond acceptors (Lipinski definition) is 6. The van der Waals surface area contributed by atoms with E-state index in [9.17, 15) is 4.79 Å². The fourth-order valence-electron chi connectivity index (χ4n) is 1.76. The second-order valence-electron chi connectivity index (χ2n) is 4.50. The largest absolute Gasteiger partial charge is 0.494 e. The molecular formula is C17H19N3O3. The number of ether oxygens (including phenoxy) is 2. The second-order valence-corrected chi connectivity index (χ2v) is 4.50. The minimum absolute atomic E-state index is 0.241. The molecule has 0 aliphatic carbocycles. The van der Waals surface area contributed by atoms with Gasteiger partial charge in [0.2, 0.25) is 5.95 Å². The molecule has 1 heterocycles. The Morgan fingerprint density at radius 1 is 1.22 bits per heavy atom. The Morgan fingerprint density at radius 3 is 2.65 bits per heavy atom. The smallest absolute Gasteiger partial charge is 0.330 e. The predicted molar refractivity (Wildman–Crippen MR) is 88.1 cm³/mol. The van der Waals surface area contributed by atoms with E-state index in [1.54, 1.807) is 24.5 Å². The maximum Gasteiger partial charge on any atom is 0.330 e. The lowest BCUT2D eigenvalue weighted by Crippen LogP contribution is -2.13. The molecule has 2 aromatic rings. The molecule has 2 rings (SSSR count). The van der Waals surface area contributed by atoms with Crippen molar-refractivity contribution in [2.24, 2.45) is 0 Å². The van der Waals surface area contributed by atoms with Crippen molar-refractivity contribution in [1.82, 2.24) is 9.97 Å². The zero-order chi connectivity index (χ0) is 16.3. The molecule has 6 heteroatoms. The van der Waals surface area contributed by atoms with Crippen molar-refractivity contribution >= 4 is 18.0 Å². The number of rotatable bonds is 8. The van der Waals surface area contributed by atoms with Crippen LogP contribution in [0.1, 0.15) is 12.5 Å². The molecule has 6 nitrogen and oxygen atoms in total. The summed E-state index contributed by atoms with van der Waals surface area (Å²) in [5.74, 6) is 0.921. The molecule has 23 heavy (non-hydrogen) atoms. The quantitative estimate of drug-likeness (QED) is 0.459. The third-order valence-electron chi connectivity index (χ3n) is 2.80. The molecular weight excluding hydrogens is 294 g/mol. The Hall–Kier alpha value is -2.89. The number of carbonyl (C=O) groups excluding carboxylic acids is 1. The van der Waals surface area contributed by atoms with E-state index in [1.807, 2.05) is 31.2 Å². The topological polar surface area (TPSA) is 73.3 Å². The maximum atomic E-state index is 11.6. The average Bonchev–Trinajstić information content (AvgIpc) is 2.59. The van der Waals surface area contributed by atoms with Crippen LogP contribution in [0.4, 0.5) is 5.95 Å². The Labute approximate surface area is 135 Å². The first-order valence-corrected chi connectivity index (χ1v) is 7.36. The van der Waals surface area contributed by atoms with Gasteiger partial charge in [0.15, 0.2) is 0 Å². The third-order valence-corrected chi connectivity index (χ3v) is 2.80. The summed E-state index contributed by atoms with van der Waals surface area (Å²) in [5, 5.41) is 2.95. The summed E-state index contributed by atoms with van der Waals surface area (Å²) < 4.78 is 10.4. The number of anilines is 1. The molecule has 120 valence electrons. The number of carbonyl (C=O) groups is 1. The van der Waals surface area contributed by atoms with Crippen LogP contribution in [0, 0.1) is 0 Å². The first-order valence-electron chi connectivity index (χ1n) is 7.36. The SMILES string of the molecule is CCOc1ccc(C=CC(=O)OCCNc2ncccn2)cc1. The Kier molecular flexibility index (Phi) is 6.59. The van der Waals surface area contributed by atoms with Crippen molar-refractivity contribution in [3.8, 4) is 5.75 Å². The van der Waals surface area contributed by atoms with Gasteiger partial charge in [0, 0.05) is 18.5 Å². The van der Waals surface area contributed by atoms with Gasteiger partial charge in [-0.3, -0.25) is 0 Å². The Bertz CT molecular complexity index is 627. The lowest BCUT2D eigenvalue weighted by atomic mass is 10.2. The Balaban J connectivity index is 1.69. The minimum atomic E-state index is -0.394. The standard InChI is InChI=1S/C17H19N3O3/c1-2-22-15-7-4-14(5-8-15)6-9-16(21)23-13-12-20-17-18-10-3-11-19-17/h3-11H,2,12-13H2,1H3,(H,18,19,20). The van der Waals surface area contributed by atoms with Gasteiger partial charge in [-0.15, -0.1) is 0 Å². The number of benzene rings is 1. The van der Waals surface area contributed by atoms with E-state index in [0.717, 1.165) is 11.3 Å². The molecule has 0 aliphatic rings. The molecule has 0 saturated heterocycles. The van der Waals surface area contributed by atoms with Crippen molar-refractivity contribution in [2.45, 2.75) is 6.92 Å². The Morgan fingerprint density at radius 2 is 1.96 bits per heavy atom. The summed E-state index contributed by atoms with van der Waals surface area (Å²) >= 11 is 0. The summed E-state index contributed by atoms with van der Waals surface area (Å²) in [7, 11) is 0. The molecule has 0 atom stereocenters. The molecule has 0 aliphatic heterocycles. The molecule has 0 saturated carbocycles. The number of aromatic nitrogens is 2. The highest BCUT2D eigenvalue weighted by Crippen LogP contribution is 2.13. The van der Waals surface area contributed by atoms with Crippen LogP contribution in [0.2, 0.25) is 0 Å². The van der Waals surface area contributed by atoms with Gasteiger partial charge in [0.05, 0.1) is 13.2 Å². The number of nitrogens with zero attached hydrogens (tertiary/aromatic N) is 2. The van der Waals surface area contributed by atoms with Gasteiger partial charge in [-0.25, -0.2) is 14.8 Å². The number of nitrogens with one attached hydrogen (secondary N) is 1. The zero-order valence-corrected chi connectivity index (χ0v) is 12.9. The van der Waals surface area contributed by atoms with Gasteiger partial charge in [-0.1, -0.05) is 12.1 Å². The minimum Gasteiger partial charge on any atom is -0.494 e. The van der Waals surface area contributed by atoms with Gasteiger partial charge in [-0.05, 0) is 36.8 Å². The molecule has 0 radical (unpaired) electrons. The highest BCUT2D eigenvalue weighted by molar-refractivity contribution is 5.87. The molecule has 0 bridgehead atoms. The summed E-state index contributed by atoms with van der Waals surface area (Å²) in [5.41, 5.74) is 0.904. The van der Waals surface area contributed by atoms with E-state index in [1.165, 1.54) is 6.08 Å². The summed E-state index contributed by atoms with van der Waals surface area (Å²) in [6.07, 6.45) is 6.38. The van der Waals surface area contributed by atoms with Gasteiger partial charge < -0.3 is 14.8 Å².